The van der Waals surface area contributed by atoms with E-state index in [2.05, 4.69) is 17.1 Å². The van der Waals surface area contributed by atoms with Crippen molar-refractivity contribution in [3.8, 4) is 5.75 Å². The number of rotatable bonds is 3. The molecule has 4 nitrogen and oxygen atoms in total. The average molecular weight is 315 g/mol. The van der Waals surface area contributed by atoms with Crippen molar-refractivity contribution in [1.29, 1.82) is 0 Å². The summed E-state index contributed by atoms with van der Waals surface area (Å²) in [5, 5.41) is 16.7. The van der Waals surface area contributed by atoms with Gasteiger partial charge in [-0.2, -0.15) is 5.10 Å². The smallest absolute Gasteiger partial charge is 0.115 e. The topological polar surface area (TPSA) is 48.7 Å². The van der Waals surface area contributed by atoms with Gasteiger partial charge >= 0.3 is 0 Å². The molecular formula is C20H17N3O. The summed E-state index contributed by atoms with van der Waals surface area (Å²) in [7, 11) is 0. The quantitative estimate of drug-likeness (QED) is 0.790. The maximum absolute atomic E-state index is 9.85. The molecule has 0 saturated carbocycles. The lowest BCUT2D eigenvalue weighted by Crippen LogP contribution is -2.18. The van der Waals surface area contributed by atoms with Gasteiger partial charge in [0.15, 0.2) is 0 Å². The second-order valence-corrected chi connectivity index (χ2v) is 5.78. The highest BCUT2D eigenvalue weighted by atomic mass is 16.3. The van der Waals surface area contributed by atoms with E-state index in [0.717, 1.165) is 28.9 Å². The van der Waals surface area contributed by atoms with E-state index in [1.807, 2.05) is 53.5 Å². The van der Waals surface area contributed by atoms with E-state index in [1.54, 1.807) is 18.5 Å². The summed E-state index contributed by atoms with van der Waals surface area (Å²) in [6, 6.07) is 21.5. The van der Waals surface area contributed by atoms with Gasteiger partial charge in [0.1, 0.15) is 5.75 Å². The predicted octanol–water partition coefficient (Wildman–Crippen LogP) is 4.14. The summed E-state index contributed by atoms with van der Waals surface area (Å²) in [6.45, 7) is 0. The molecule has 118 valence electrons. The van der Waals surface area contributed by atoms with E-state index < -0.39 is 0 Å². The van der Waals surface area contributed by atoms with E-state index in [1.165, 1.54) is 0 Å². The Balaban J connectivity index is 1.76. The summed E-state index contributed by atoms with van der Waals surface area (Å²) in [6.07, 6.45) is 4.35. The zero-order valence-corrected chi connectivity index (χ0v) is 13.1. The molecule has 4 heteroatoms. The molecule has 0 fully saturated rings. The predicted molar refractivity (Wildman–Crippen MR) is 95.2 cm³/mol. The first kappa shape index (κ1) is 14.5. The largest absolute Gasteiger partial charge is 0.508 e. The first-order valence-corrected chi connectivity index (χ1v) is 7.92. The first-order chi connectivity index (χ1) is 11.8. The van der Waals surface area contributed by atoms with Crippen LogP contribution in [0.2, 0.25) is 0 Å². The molecule has 1 N–H and O–H groups in total. The molecule has 0 aliphatic carbocycles. The second kappa shape index (κ2) is 6.16. The van der Waals surface area contributed by atoms with Gasteiger partial charge in [-0.1, -0.05) is 30.3 Å². The van der Waals surface area contributed by atoms with Crippen molar-refractivity contribution in [3.05, 3.63) is 90.3 Å². The van der Waals surface area contributed by atoms with Crippen LogP contribution in [-0.2, 0) is 0 Å². The van der Waals surface area contributed by atoms with Crippen LogP contribution in [0.5, 0.6) is 5.75 Å². The molecule has 1 aliphatic rings. The van der Waals surface area contributed by atoms with E-state index in [4.69, 9.17) is 5.10 Å². The molecule has 1 unspecified atom stereocenters. The third kappa shape index (κ3) is 2.74. The minimum Gasteiger partial charge on any atom is -0.508 e. The van der Waals surface area contributed by atoms with Crippen LogP contribution >= 0.6 is 0 Å². The number of benzene rings is 2. The van der Waals surface area contributed by atoms with Gasteiger partial charge in [-0.25, -0.2) is 0 Å². The number of hydrazone groups is 1. The fourth-order valence-corrected chi connectivity index (χ4v) is 3.04. The molecule has 1 aromatic heterocycles. The Morgan fingerprint density at radius 1 is 0.917 bits per heavy atom. The number of anilines is 1. The zero-order chi connectivity index (χ0) is 16.4. The highest BCUT2D eigenvalue weighted by molar-refractivity contribution is 6.03. The molecule has 0 spiro atoms. The third-order valence-corrected chi connectivity index (χ3v) is 4.20. The lowest BCUT2D eigenvalue weighted by Gasteiger charge is -2.24. The number of aromatic nitrogens is 1. The van der Waals surface area contributed by atoms with E-state index in [9.17, 15) is 5.11 Å². The van der Waals surface area contributed by atoms with Crippen LogP contribution in [0.4, 0.5) is 5.69 Å². The van der Waals surface area contributed by atoms with Crippen LogP contribution in [0.1, 0.15) is 23.6 Å². The number of nitrogens with zero attached hydrogens (tertiary/aromatic N) is 3. The van der Waals surface area contributed by atoms with Crippen LogP contribution in [-0.4, -0.2) is 15.8 Å². The summed E-state index contributed by atoms with van der Waals surface area (Å²) >= 11 is 0. The number of aromatic hydroxyl groups is 1. The Kier molecular flexibility index (Phi) is 3.71. The zero-order valence-electron chi connectivity index (χ0n) is 13.1. The fraction of sp³-hybridized carbons (Fsp3) is 0.100. The van der Waals surface area contributed by atoms with Crippen LogP contribution in [0.3, 0.4) is 0 Å². The van der Waals surface area contributed by atoms with Crippen LogP contribution in [0.25, 0.3) is 0 Å². The highest BCUT2D eigenvalue weighted by Crippen LogP contribution is 2.37. The second-order valence-electron chi connectivity index (χ2n) is 5.78. The summed E-state index contributed by atoms with van der Waals surface area (Å²) < 4.78 is 0. The molecule has 1 aliphatic heterocycles. The van der Waals surface area contributed by atoms with Gasteiger partial charge in [0, 0.05) is 24.4 Å². The molecule has 3 aromatic rings. The Morgan fingerprint density at radius 2 is 1.71 bits per heavy atom. The number of phenolic OH excluding ortho intramolecular Hbond substituents is 1. The number of pyridine rings is 1. The normalized spacial score (nSPS) is 16.9. The maximum atomic E-state index is 9.85. The van der Waals surface area contributed by atoms with E-state index in [-0.39, 0.29) is 11.8 Å². The van der Waals surface area contributed by atoms with Gasteiger partial charge < -0.3 is 5.11 Å². The summed E-state index contributed by atoms with van der Waals surface area (Å²) in [5.41, 5.74) is 4.18. The molecule has 0 amide bonds. The van der Waals surface area contributed by atoms with Gasteiger partial charge in [0.05, 0.1) is 17.4 Å². The molecule has 2 aromatic carbocycles. The Hall–Kier alpha value is -3.14. The van der Waals surface area contributed by atoms with Gasteiger partial charge in [0.25, 0.3) is 0 Å². The molecule has 0 radical (unpaired) electrons. The summed E-state index contributed by atoms with van der Waals surface area (Å²) in [5.74, 6) is 0.276. The van der Waals surface area contributed by atoms with Crippen molar-refractivity contribution in [1.82, 2.24) is 4.98 Å². The van der Waals surface area contributed by atoms with Crippen LogP contribution < -0.4 is 5.01 Å². The number of hydrogen-bond donors (Lipinski definition) is 1. The van der Waals surface area contributed by atoms with Crippen molar-refractivity contribution in [2.75, 3.05) is 5.01 Å². The third-order valence-electron chi connectivity index (χ3n) is 4.20. The Labute approximate surface area is 140 Å². The van der Waals surface area contributed by atoms with Crippen molar-refractivity contribution in [3.63, 3.8) is 0 Å². The SMILES string of the molecule is Oc1cccc(C2CC(c3ccncc3)=NN2c2ccccc2)c1. The highest BCUT2D eigenvalue weighted by Gasteiger charge is 2.29. The fourth-order valence-electron chi connectivity index (χ4n) is 3.04. The first-order valence-electron chi connectivity index (χ1n) is 7.92. The molecule has 4 rings (SSSR count). The average Bonchev–Trinajstić information content (AvgIpc) is 3.09. The molecular weight excluding hydrogens is 298 g/mol. The van der Waals surface area contributed by atoms with Gasteiger partial charge in [-0.15, -0.1) is 0 Å². The minimum atomic E-state index is 0.0580. The van der Waals surface area contributed by atoms with E-state index >= 15 is 0 Å². The molecule has 0 bridgehead atoms. The molecule has 0 saturated heterocycles. The van der Waals surface area contributed by atoms with Gasteiger partial charge in [-0.3, -0.25) is 9.99 Å². The van der Waals surface area contributed by atoms with Gasteiger partial charge in [-0.05, 0) is 42.0 Å². The number of para-hydroxylation sites is 1. The lowest BCUT2D eigenvalue weighted by atomic mass is 9.98. The summed E-state index contributed by atoms with van der Waals surface area (Å²) in [4.78, 5) is 4.08. The maximum Gasteiger partial charge on any atom is 0.115 e. The Morgan fingerprint density at radius 3 is 2.46 bits per heavy atom. The standard InChI is InChI=1S/C20H17N3O/c24-18-8-4-5-16(13-18)20-14-19(15-9-11-21-12-10-15)22-23(20)17-6-2-1-3-7-17/h1-13,20,24H,14H2. The van der Waals surface area contributed by atoms with Crippen molar-refractivity contribution in [2.45, 2.75) is 12.5 Å². The van der Waals surface area contributed by atoms with Crippen molar-refractivity contribution < 1.29 is 5.11 Å². The monoisotopic (exact) mass is 315 g/mol. The van der Waals surface area contributed by atoms with Crippen LogP contribution in [0, 0.1) is 0 Å². The molecule has 24 heavy (non-hydrogen) atoms. The van der Waals surface area contributed by atoms with Gasteiger partial charge in [0.2, 0.25) is 0 Å². The number of phenols is 1. The minimum absolute atomic E-state index is 0.0580. The van der Waals surface area contributed by atoms with Crippen LogP contribution in [0.15, 0.2) is 84.2 Å². The van der Waals surface area contributed by atoms with E-state index in [0.29, 0.717) is 0 Å². The molecule has 1 atom stereocenters. The lowest BCUT2D eigenvalue weighted by molar-refractivity contribution is 0.473. The van der Waals surface area contributed by atoms with Crippen molar-refractivity contribution in [2.24, 2.45) is 5.10 Å². The molecule has 2 heterocycles. The Bertz CT molecular complexity index is 862. The number of hydrogen-bond acceptors (Lipinski definition) is 4. The van der Waals surface area contributed by atoms with Crippen molar-refractivity contribution >= 4 is 11.4 Å².